The van der Waals surface area contributed by atoms with Gasteiger partial charge in [0.15, 0.2) is 29.0 Å². The van der Waals surface area contributed by atoms with Crippen LogP contribution in [0.2, 0.25) is 0 Å². The predicted octanol–water partition coefficient (Wildman–Crippen LogP) is 3.58. The Morgan fingerprint density at radius 1 is 0.958 bits per heavy atom. The summed E-state index contributed by atoms with van der Waals surface area (Å²) in [5.74, 6) is -6.48. The highest BCUT2D eigenvalue weighted by atomic mass is 19.2. The van der Waals surface area contributed by atoms with Crippen LogP contribution in [0.4, 0.5) is 32.4 Å². The third-order valence-electron chi connectivity index (χ3n) is 2.82. The monoisotopic (exact) mass is 346 g/mol. The number of ether oxygens (including phenoxy) is 1. The Morgan fingerprint density at radius 3 is 2.42 bits per heavy atom. The van der Waals surface area contributed by atoms with Gasteiger partial charge in [0, 0.05) is 6.07 Å². The topological polar surface area (TPSA) is 50.4 Å². The van der Waals surface area contributed by atoms with Crippen LogP contribution in [-0.2, 0) is 0 Å². The Labute approximate surface area is 133 Å². The Kier molecular flexibility index (Phi) is 5.56. The van der Waals surface area contributed by atoms with Crippen LogP contribution in [0.3, 0.4) is 0 Å². The van der Waals surface area contributed by atoms with Crippen molar-refractivity contribution in [3.63, 3.8) is 0 Å². The van der Waals surface area contributed by atoms with Gasteiger partial charge in [-0.2, -0.15) is 0 Å². The van der Waals surface area contributed by atoms with Crippen LogP contribution in [0.1, 0.15) is 0 Å². The Hall–Kier alpha value is -2.84. The average Bonchev–Trinajstić information content (AvgIpc) is 2.54. The Bertz CT molecular complexity index is 755. The minimum absolute atomic E-state index is 0.103. The minimum Gasteiger partial charge on any atom is -0.489 e. The number of halogens is 5. The molecule has 2 aromatic carbocycles. The van der Waals surface area contributed by atoms with E-state index in [9.17, 15) is 26.7 Å². The van der Waals surface area contributed by atoms with Gasteiger partial charge in [-0.05, 0) is 24.3 Å². The van der Waals surface area contributed by atoms with Gasteiger partial charge < -0.3 is 15.4 Å². The number of carbonyl (C=O) groups excluding carboxylic acids is 1. The zero-order chi connectivity index (χ0) is 17.7. The first kappa shape index (κ1) is 17.5. The number of rotatable bonds is 5. The summed E-state index contributed by atoms with van der Waals surface area (Å²) >= 11 is 0. The van der Waals surface area contributed by atoms with E-state index in [-0.39, 0.29) is 18.9 Å². The lowest BCUT2D eigenvalue weighted by molar-refractivity contribution is 0.246. The predicted molar refractivity (Wildman–Crippen MR) is 75.2 cm³/mol. The first-order valence-corrected chi connectivity index (χ1v) is 6.64. The first-order valence-electron chi connectivity index (χ1n) is 6.64. The highest BCUT2D eigenvalue weighted by Crippen LogP contribution is 2.19. The standard InChI is InChI=1S/C15H11F5N2O2/c16-8-1-4-12(10(18)7-8)24-6-5-21-15(23)22-11-3-2-9(17)13(19)14(11)20/h1-4,7H,5-6H2,(H2,21,22,23). The molecule has 0 fully saturated rings. The number of nitrogens with one attached hydrogen (secondary N) is 2. The van der Waals surface area contributed by atoms with Crippen molar-refractivity contribution in [3.05, 3.63) is 59.4 Å². The molecule has 2 aromatic rings. The number of hydrogen-bond acceptors (Lipinski definition) is 2. The van der Waals surface area contributed by atoms with Crippen LogP contribution in [-0.4, -0.2) is 19.2 Å². The normalized spacial score (nSPS) is 10.4. The van der Waals surface area contributed by atoms with E-state index in [1.165, 1.54) is 0 Å². The van der Waals surface area contributed by atoms with Gasteiger partial charge >= 0.3 is 6.03 Å². The molecule has 128 valence electrons. The Morgan fingerprint density at radius 2 is 1.71 bits per heavy atom. The van der Waals surface area contributed by atoms with E-state index < -0.39 is 40.8 Å². The molecule has 2 rings (SSSR count). The highest BCUT2D eigenvalue weighted by molar-refractivity contribution is 5.89. The van der Waals surface area contributed by atoms with Crippen molar-refractivity contribution in [2.45, 2.75) is 0 Å². The fourth-order valence-corrected chi connectivity index (χ4v) is 1.71. The highest BCUT2D eigenvalue weighted by Gasteiger charge is 2.15. The smallest absolute Gasteiger partial charge is 0.319 e. The van der Waals surface area contributed by atoms with Gasteiger partial charge in [0.2, 0.25) is 0 Å². The minimum atomic E-state index is -1.71. The summed E-state index contributed by atoms with van der Waals surface area (Å²) in [5, 5.41) is 4.22. The molecule has 0 saturated carbocycles. The van der Waals surface area contributed by atoms with Crippen molar-refractivity contribution in [1.82, 2.24) is 5.32 Å². The number of urea groups is 1. The molecule has 2 N–H and O–H groups in total. The second-order valence-electron chi connectivity index (χ2n) is 4.53. The maximum absolute atomic E-state index is 13.4. The van der Waals surface area contributed by atoms with Crippen molar-refractivity contribution < 1.29 is 31.5 Å². The molecule has 0 spiro atoms. The van der Waals surface area contributed by atoms with Crippen molar-refractivity contribution >= 4 is 11.7 Å². The lowest BCUT2D eigenvalue weighted by Gasteiger charge is -2.10. The fraction of sp³-hybridized carbons (Fsp3) is 0.133. The molecular formula is C15H11F5N2O2. The first-order chi connectivity index (χ1) is 11.4. The van der Waals surface area contributed by atoms with Gasteiger partial charge in [-0.25, -0.2) is 26.7 Å². The Balaban J connectivity index is 1.80. The van der Waals surface area contributed by atoms with Crippen LogP contribution in [0.25, 0.3) is 0 Å². The summed E-state index contributed by atoms with van der Waals surface area (Å²) in [6.45, 7) is -0.260. The van der Waals surface area contributed by atoms with Crippen LogP contribution in [0.5, 0.6) is 5.75 Å². The lowest BCUT2D eigenvalue weighted by atomic mass is 10.3. The average molecular weight is 346 g/mol. The molecule has 0 aliphatic rings. The molecular weight excluding hydrogens is 335 g/mol. The number of hydrogen-bond donors (Lipinski definition) is 2. The molecule has 0 radical (unpaired) electrons. The van der Waals surface area contributed by atoms with E-state index in [0.717, 1.165) is 18.2 Å². The van der Waals surface area contributed by atoms with Crippen LogP contribution in [0, 0.1) is 29.1 Å². The molecule has 0 saturated heterocycles. The quantitative estimate of drug-likeness (QED) is 0.494. The maximum atomic E-state index is 13.4. The molecule has 0 aromatic heterocycles. The molecule has 24 heavy (non-hydrogen) atoms. The molecule has 0 bridgehead atoms. The van der Waals surface area contributed by atoms with Crippen molar-refractivity contribution in [2.24, 2.45) is 0 Å². The molecule has 4 nitrogen and oxygen atoms in total. The molecule has 0 heterocycles. The van der Waals surface area contributed by atoms with E-state index in [0.29, 0.717) is 12.1 Å². The lowest BCUT2D eigenvalue weighted by Crippen LogP contribution is -2.32. The number of amides is 2. The van der Waals surface area contributed by atoms with Gasteiger partial charge in [0.25, 0.3) is 0 Å². The second kappa shape index (κ2) is 7.62. The zero-order valence-corrected chi connectivity index (χ0v) is 12.0. The molecule has 2 amide bonds. The summed E-state index contributed by atoms with van der Waals surface area (Å²) in [5.41, 5.74) is -0.545. The molecule has 0 aliphatic heterocycles. The third kappa shape index (κ3) is 4.34. The zero-order valence-electron chi connectivity index (χ0n) is 12.0. The second-order valence-corrected chi connectivity index (χ2v) is 4.53. The van der Waals surface area contributed by atoms with Crippen LogP contribution < -0.4 is 15.4 Å². The maximum Gasteiger partial charge on any atom is 0.319 e. The number of benzene rings is 2. The third-order valence-corrected chi connectivity index (χ3v) is 2.82. The SMILES string of the molecule is O=C(NCCOc1ccc(F)cc1F)Nc1ccc(F)c(F)c1F. The van der Waals surface area contributed by atoms with Gasteiger partial charge in [-0.15, -0.1) is 0 Å². The van der Waals surface area contributed by atoms with Crippen LogP contribution in [0.15, 0.2) is 30.3 Å². The van der Waals surface area contributed by atoms with Gasteiger partial charge in [0.05, 0.1) is 12.2 Å². The number of anilines is 1. The van der Waals surface area contributed by atoms with Gasteiger partial charge in [-0.3, -0.25) is 0 Å². The van der Waals surface area contributed by atoms with Crippen molar-refractivity contribution in [2.75, 3.05) is 18.5 Å². The largest absolute Gasteiger partial charge is 0.489 e. The summed E-state index contributed by atoms with van der Waals surface area (Å²) in [6.07, 6.45) is 0. The van der Waals surface area contributed by atoms with Crippen molar-refractivity contribution in [1.29, 1.82) is 0 Å². The summed E-state index contributed by atoms with van der Waals surface area (Å²) < 4.78 is 70.0. The summed E-state index contributed by atoms with van der Waals surface area (Å²) in [7, 11) is 0. The van der Waals surface area contributed by atoms with E-state index in [4.69, 9.17) is 4.74 Å². The molecule has 9 heteroatoms. The van der Waals surface area contributed by atoms with Gasteiger partial charge in [-0.1, -0.05) is 0 Å². The molecule has 0 aliphatic carbocycles. The van der Waals surface area contributed by atoms with Crippen molar-refractivity contribution in [3.8, 4) is 5.75 Å². The molecule has 0 atom stereocenters. The van der Waals surface area contributed by atoms with Gasteiger partial charge in [0.1, 0.15) is 12.4 Å². The number of carbonyl (C=O) groups is 1. The van der Waals surface area contributed by atoms with E-state index >= 15 is 0 Å². The summed E-state index contributed by atoms with van der Waals surface area (Å²) in [6, 6.07) is 3.35. The van der Waals surface area contributed by atoms with E-state index in [2.05, 4.69) is 5.32 Å². The van der Waals surface area contributed by atoms with Crippen LogP contribution >= 0.6 is 0 Å². The van der Waals surface area contributed by atoms with E-state index in [1.54, 1.807) is 0 Å². The fourth-order valence-electron chi connectivity index (χ4n) is 1.71. The summed E-state index contributed by atoms with van der Waals surface area (Å²) in [4.78, 5) is 11.5. The van der Waals surface area contributed by atoms with E-state index in [1.807, 2.05) is 5.32 Å². The molecule has 0 unspecified atom stereocenters.